The minimum atomic E-state index is -0.113. The molecule has 1 amide bonds. The van der Waals surface area contributed by atoms with Crippen LogP contribution in [0.4, 0.5) is 0 Å². The molecule has 0 aliphatic rings. The molecule has 7 heteroatoms. The van der Waals surface area contributed by atoms with Gasteiger partial charge >= 0.3 is 0 Å². The number of nitrogens with one attached hydrogen (secondary N) is 1. The van der Waals surface area contributed by atoms with Crippen LogP contribution in [0.25, 0.3) is 10.8 Å². The van der Waals surface area contributed by atoms with Crippen molar-refractivity contribution in [1.29, 1.82) is 0 Å². The van der Waals surface area contributed by atoms with E-state index in [0.717, 1.165) is 5.56 Å². The van der Waals surface area contributed by atoms with E-state index in [-0.39, 0.29) is 11.9 Å². The molecule has 0 bridgehead atoms. The van der Waals surface area contributed by atoms with Gasteiger partial charge < -0.3 is 4.90 Å². The molecule has 0 saturated carbocycles. The summed E-state index contributed by atoms with van der Waals surface area (Å²) in [6.45, 7) is 2.00. The molecule has 1 aromatic carbocycles. The highest BCUT2D eigenvalue weighted by atomic mass is 32.1. The smallest absolute Gasteiger partial charge is 0.273 e. The van der Waals surface area contributed by atoms with Crippen LogP contribution < -0.4 is 0 Å². The number of carbonyl (C=O) groups is 1. The second kappa shape index (κ2) is 6.07. The van der Waals surface area contributed by atoms with Gasteiger partial charge in [0.15, 0.2) is 10.8 Å². The van der Waals surface area contributed by atoms with E-state index in [4.69, 9.17) is 0 Å². The van der Waals surface area contributed by atoms with Gasteiger partial charge in [-0.2, -0.15) is 5.10 Å². The first-order chi connectivity index (χ1) is 10.7. The molecule has 0 aliphatic heterocycles. The normalized spacial score (nSPS) is 12.1. The molecule has 0 fully saturated rings. The van der Waals surface area contributed by atoms with Crippen LogP contribution in [0, 0.1) is 0 Å². The van der Waals surface area contributed by atoms with Crippen molar-refractivity contribution in [3.63, 3.8) is 0 Å². The first-order valence-electron chi connectivity index (χ1n) is 6.80. The van der Waals surface area contributed by atoms with Gasteiger partial charge in [-0.1, -0.05) is 30.3 Å². The summed E-state index contributed by atoms with van der Waals surface area (Å²) in [5, 5.41) is 8.94. The third-order valence-electron chi connectivity index (χ3n) is 3.52. The van der Waals surface area contributed by atoms with Crippen LogP contribution >= 0.6 is 11.3 Å². The summed E-state index contributed by atoms with van der Waals surface area (Å²) in [5.41, 5.74) is 1.51. The fourth-order valence-corrected chi connectivity index (χ4v) is 2.84. The monoisotopic (exact) mass is 313 g/mol. The van der Waals surface area contributed by atoms with Gasteiger partial charge in [-0.15, -0.1) is 11.3 Å². The minimum Gasteiger partial charge on any atom is -0.334 e. The third-order valence-corrected chi connectivity index (χ3v) is 4.37. The number of H-pyrrole nitrogens is 1. The van der Waals surface area contributed by atoms with Crippen molar-refractivity contribution < 1.29 is 4.79 Å². The van der Waals surface area contributed by atoms with E-state index in [1.165, 1.54) is 17.7 Å². The quantitative estimate of drug-likeness (QED) is 0.803. The molecule has 2 aromatic heterocycles. The Balaban J connectivity index is 1.79. The molecular formula is C15H15N5OS. The number of benzene rings is 1. The molecule has 2 heterocycles. The van der Waals surface area contributed by atoms with E-state index in [1.54, 1.807) is 17.3 Å². The van der Waals surface area contributed by atoms with Crippen molar-refractivity contribution in [1.82, 2.24) is 25.1 Å². The molecule has 1 N–H and O–H groups in total. The number of thiazole rings is 1. The lowest BCUT2D eigenvalue weighted by molar-refractivity contribution is 0.0737. The number of aromatic amines is 1. The van der Waals surface area contributed by atoms with Gasteiger partial charge in [-0.25, -0.2) is 9.97 Å². The molecule has 3 aromatic rings. The van der Waals surface area contributed by atoms with Crippen molar-refractivity contribution in [2.24, 2.45) is 0 Å². The highest BCUT2D eigenvalue weighted by molar-refractivity contribution is 7.13. The van der Waals surface area contributed by atoms with Crippen molar-refractivity contribution in [3.05, 3.63) is 53.3 Å². The van der Waals surface area contributed by atoms with Crippen molar-refractivity contribution >= 4 is 17.2 Å². The fourth-order valence-electron chi connectivity index (χ4n) is 2.10. The molecule has 1 unspecified atom stereocenters. The molecule has 6 nitrogen and oxygen atoms in total. The Morgan fingerprint density at radius 1 is 1.32 bits per heavy atom. The van der Waals surface area contributed by atoms with Gasteiger partial charge in [0.1, 0.15) is 12.0 Å². The molecule has 1 atom stereocenters. The number of rotatable bonds is 4. The zero-order valence-corrected chi connectivity index (χ0v) is 13.0. The molecule has 112 valence electrons. The van der Waals surface area contributed by atoms with Gasteiger partial charge in [0, 0.05) is 12.4 Å². The Kier molecular flexibility index (Phi) is 3.97. The second-order valence-corrected chi connectivity index (χ2v) is 5.73. The Hall–Kier alpha value is -2.54. The van der Waals surface area contributed by atoms with Crippen molar-refractivity contribution in [2.45, 2.75) is 13.0 Å². The van der Waals surface area contributed by atoms with E-state index >= 15 is 0 Å². The van der Waals surface area contributed by atoms with E-state index in [1.807, 2.05) is 37.3 Å². The SMILES string of the molecule is CC(c1ccccc1)N(C)C(=O)c1csc(-c2ncn[nH]2)n1. The Bertz CT molecular complexity index is 753. The number of hydrogen-bond donors (Lipinski definition) is 1. The Morgan fingerprint density at radius 2 is 2.09 bits per heavy atom. The topological polar surface area (TPSA) is 74.8 Å². The van der Waals surface area contributed by atoms with Crippen LogP contribution in [0.1, 0.15) is 29.0 Å². The van der Waals surface area contributed by atoms with Crippen LogP contribution in [0.2, 0.25) is 0 Å². The average Bonchev–Trinajstić information content (AvgIpc) is 3.24. The number of amides is 1. The van der Waals surface area contributed by atoms with Gasteiger partial charge in [-0.3, -0.25) is 9.89 Å². The molecular weight excluding hydrogens is 298 g/mol. The van der Waals surface area contributed by atoms with Crippen molar-refractivity contribution in [2.75, 3.05) is 7.05 Å². The summed E-state index contributed by atoms with van der Waals surface area (Å²) in [4.78, 5) is 22.6. The Labute approximate surface area is 131 Å². The largest absolute Gasteiger partial charge is 0.334 e. The lowest BCUT2D eigenvalue weighted by atomic mass is 10.1. The van der Waals surface area contributed by atoms with Crippen LogP contribution in [0.15, 0.2) is 42.0 Å². The standard InChI is InChI=1S/C15H15N5OS/c1-10(11-6-4-3-5-7-11)20(2)15(21)12-8-22-14(18-12)13-16-9-17-19-13/h3-10H,1-2H3,(H,16,17,19). The molecule has 0 radical (unpaired) electrons. The predicted octanol–water partition coefficient (Wildman–Crippen LogP) is 2.76. The first-order valence-corrected chi connectivity index (χ1v) is 7.68. The van der Waals surface area contributed by atoms with E-state index < -0.39 is 0 Å². The molecule has 0 spiro atoms. The zero-order valence-electron chi connectivity index (χ0n) is 12.2. The number of hydrogen-bond acceptors (Lipinski definition) is 5. The summed E-state index contributed by atoms with van der Waals surface area (Å²) in [6.07, 6.45) is 1.42. The molecule has 0 saturated heterocycles. The summed E-state index contributed by atoms with van der Waals surface area (Å²) >= 11 is 1.37. The van der Waals surface area contributed by atoms with Gasteiger partial charge in [0.2, 0.25) is 0 Å². The zero-order chi connectivity index (χ0) is 15.5. The minimum absolute atomic E-state index is 0.0240. The summed E-state index contributed by atoms with van der Waals surface area (Å²) in [7, 11) is 1.79. The highest BCUT2D eigenvalue weighted by Crippen LogP contribution is 2.23. The number of aromatic nitrogens is 4. The second-order valence-electron chi connectivity index (χ2n) is 4.87. The van der Waals surface area contributed by atoms with Crippen LogP contribution in [0.3, 0.4) is 0 Å². The maximum absolute atomic E-state index is 12.6. The predicted molar refractivity (Wildman–Crippen MR) is 84.4 cm³/mol. The maximum Gasteiger partial charge on any atom is 0.273 e. The van der Waals surface area contributed by atoms with Crippen LogP contribution in [0.5, 0.6) is 0 Å². The lowest BCUT2D eigenvalue weighted by Gasteiger charge is -2.24. The summed E-state index contributed by atoms with van der Waals surface area (Å²) < 4.78 is 0. The van der Waals surface area contributed by atoms with Gasteiger partial charge in [0.05, 0.1) is 6.04 Å². The molecule has 0 aliphatic carbocycles. The Morgan fingerprint density at radius 3 is 2.77 bits per heavy atom. The van der Waals surface area contributed by atoms with Crippen molar-refractivity contribution in [3.8, 4) is 10.8 Å². The third kappa shape index (κ3) is 2.75. The maximum atomic E-state index is 12.6. The van der Waals surface area contributed by atoms with E-state index in [0.29, 0.717) is 16.5 Å². The van der Waals surface area contributed by atoms with Crippen LogP contribution in [-0.4, -0.2) is 38.0 Å². The summed E-state index contributed by atoms with van der Waals surface area (Å²) in [6, 6.07) is 9.89. The van der Waals surface area contributed by atoms with Gasteiger partial charge in [-0.05, 0) is 12.5 Å². The number of nitrogens with zero attached hydrogens (tertiary/aromatic N) is 4. The lowest BCUT2D eigenvalue weighted by Crippen LogP contribution is -2.29. The number of carbonyl (C=O) groups excluding carboxylic acids is 1. The highest BCUT2D eigenvalue weighted by Gasteiger charge is 2.21. The van der Waals surface area contributed by atoms with Crippen LogP contribution in [-0.2, 0) is 0 Å². The van der Waals surface area contributed by atoms with E-state index in [9.17, 15) is 4.79 Å². The summed E-state index contributed by atoms with van der Waals surface area (Å²) in [5.74, 6) is 0.459. The molecule has 3 rings (SSSR count). The van der Waals surface area contributed by atoms with E-state index in [2.05, 4.69) is 20.2 Å². The average molecular weight is 313 g/mol. The van der Waals surface area contributed by atoms with Gasteiger partial charge in [0.25, 0.3) is 5.91 Å². The first kappa shape index (κ1) is 14.4. The molecule has 22 heavy (non-hydrogen) atoms. The fraction of sp³-hybridized carbons (Fsp3) is 0.200.